The van der Waals surface area contributed by atoms with Crippen LogP contribution in [0, 0.1) is 5.92 Å². The molecule has 120 valence electrons. The second-order valence-corrected chi connectivity index (χ2v) is 6.00. The molecule has 0 heterocycles. The maximum Gasteiger partial charge on any atom is 0.414 e. The zero-order valence-electron chi connectivity index (χ0n) is 12.9. The highest BCUT2D eigenvalue weighted by molar-refractivity contribution is 4.90. The molecule has 1 N–H and O–H groups in total. The Hall–Kier alpha value is -0.290. The summed E-state index contributed by atoms with van der Waals surface area (Å²) in [5, 5.41) is 3.17. The summed E-state index contributed by atoms with van der Waals surface area (Å²) in [4.78, 5) is 0. The number of rotatable bonds is 7. The van der Waals surface area contributed by atoms with E-state index >= 15 is 0 Å². The number of likely N-dealkylation sites (N-methyl/N-ethyl adjacent to an activating group) is 1. The van der Waals surface area contributed by atoms with E-state index in [9.17, 15) is 13.2 Å². The fourth-order valence-corrected chi connectivity index (χ4v) is 3.03. The van der Waals surface area contributed by atoms with Gasteiger partial charge in [-0.1, -0.05) is 26.7 Å². The van der Waals surface area contributed by atoms with Crippen LogP contribution in [0.2, 0.25) is 0 Å². The molecule has 1 aliphatic carbocycles. The van der Waals surface area contributed by atoms with Crippen molar-refractivity contribution >= 4 is 0 Å². The van der Waals surface area contributed by atoms with Gasteiger partial charge in [0, 0.05) is 6.54 Å². The molecule has 20 heavy (non-hydrogen) atoms. The summed E-state index contributed by atoms with van der Waals surface area (Å²) in [5.74, 6) is 0.652. The molecule has 0 amide bonds. The molecule has 0 aromatic heterocycles. The predicted octanol–water partition coefficient (Wildman–Crippen LogP) is 4.29. The highest BCUT2D eigenvalue weighted by Gasteiger charge is 2.44. The van der Waals surface area contributed by atoms with E-state index in [1.54, 1.807) is 0 Å². The second kappa shape index (κ2) is 7.64. The lowest BCUT2D eigenvalue weighted by molar-refractivity contribution is -0.252. The van der Waals surface area contributed by atoms with Crippen molar-refractivity contribution in [1.29, 1.82) is 0 Å². The third-order valence-corrected chi connectivity index (χ3v) is 4.30. The van der Waals surface area contributed by atoms with E-state index in [2.05, 4.69) is 12.2 Å². The largest absolute Gasteiger partial charge is 0.414 e. The third kappa shape index (κ3) is 5.24. The minimum Gasteiger partial charge on any atom is -0.361 e. The Bertz CT molecular complexity index is 273. The molecule has 2 nitrogen and oxygen atoms in total. The normalized spacial score (nSPS) is 29.4. The van der Waals surface area contributed by atoms with Crippen LogP contribution in [0.25, 0.3) is 0 Å². The van der Waals surface area contributed by atoms with Gasteiger partial charge in [0.05, 0.1) is 5.60 Å². The molecule has 1 aliphatic rings. The van der Waals surface area contributed by atoms with Crippen LogP contribution in [0.3, 0.4) is 0 Å². The summed E-state index contributed by atoms with van der Waals surface area (Å²) in [6.45, 7) is 6.50. The van der Waals surface area contributed by atoms with Crippen molar-refractivity contribution in [3.63, 3.8) is 0 Å². The summed E-state index contributed by atoms with van der Waals surface area (Å²) in [7, 11) is 0. The molecule has 1 rings (SSSR count). The summed E-state index contributed by atoms with van der Waals surface area (Å²) >= 11 is 0. The summed E-state index contributed by atoms with van der Waals surface area (Å²) in [5.41, 5.74) is -0.644. The molecule has 1 unspecified atom stereocenters. The molecule has 0 aromatic carbocycles. The van der Waals surface area contributed by atoms with Crippen LogP contribution < -0.4 is 5.32 Å². The monoisotopic (exact) mass is 295 g/mol. The van der Waals surface area contributed by atoms with Gasteiger partial charge in [0.15, 0.2) is 6.10 Å². The van der Waals surface area contributed by atoms with Gasteiger partial charge in [0.1, 0.15) is 0 Å². The Balaban J connectivity index is 2.64. The van der Waals surface area contributed by atoms with Crippen LogP contribution in [-0.2, 0) is 4.74 Å². The second-order valence-electron chi connectivity index (χ2n) is 6.00. The highest BCUT2D eigenvalue weighted by Crippen LogP contribution is 2.39. The number of halogens is 3. The smallest absolute Gasteiger partial charge is 0.361 e. The summed E-state index contributed by atoms with van der Waals surface area (Å²) in [6, 6.07) is 0. The Kier molecular flexibility index (Phi) is 6.79. The maximum absolute atomic E-state index is 12.7. The molecular formula is C15H28F3NO. The predicted molar refractivity (Wildman–Crippen MR) is 74.7 cm³/mol. The molecule has 1 saturated carbocycles. The maximum atomic E-state index is 12.7. The van der Waals surface area contributed by atoms with Crippen molar-refractivity contribution < 1.29 is 17.9 Å². The Morgan fingerprint density at radius 3 is 2.30 bits per heavy atom. The van der Waals surface area contributed by atoms with Gasteiger partial charge in [-0.25, -0.2) is 0 Å². The fraction of sp³-hybridized carbons (Fsp3) is 1.00. The molecule has 0 aliphatic heterocycles. The number of alkyl halides is 3. The number of ether oxygens (including phenoxy) is 1. The van der Waals surface area contributed by atoms with Crippen LogP contribution in [0.1, 0.15) is 59.3 Å². The van der Waals surface area contributed by atoms with Gasteiger partial charge in [0.25, 0.3) is 0 Å². The summed E-state index contributed by atoms with van der Waals surface area (Å²) in [6.07, 6.45) is -0.246. The molecule has 0 radical (unpaired) electrons. The Labute approximate surface area is 120 Å². The van der Waals surface area contributed by atoms with Gasteiger partial charge in [-0.3, -0.25) is 0 Å². The van der Waals surface area contributed by atoms with Crippen molar-refractivity contribution in [1.82, 2.24) is 5.32 Å². The SMILES string of the molecule is CCCC1CCC(CNCC)(OC(C)C(F)(F)F)CC1. The minimum atomic E-state index is -4.28. The molecule has 1 fully saturated rings. The average Bonchev–Trinajstić information content (AvgIpc) is 2.38. The molecule has 0 aromatic rings. The first kappa shape index (κ1) is 17.8. The highest BCUT2D eigenvalue weighted by atomic mass is 19.4. The molecule has 0 spiro atoms. The molecule has 1 atom stereocenters. The van der Waals surface area contributed by atoms with Crippen LogP contribution in [0.15, 0.2) is 0 Å². The standard InChI is InChI=1S/C15H28F3NO/c1-4-6-13-7-9-14(10-8-13,11-19-5-2)20-12(3)15(16,17)18/h12-13,19H,4-11H2,1-3H3. The average molecular weight is 295 g/mol. The topological polar surface area (TPSA) is 21.3 Å². The zero-order valence-corrected chi connectivity index (χ0v) is 12.9. The first-order chi connectivity index (χ1) is 9.33. The van der Waals surface area contributed by atoms with Crippen molar-refractivity contribution in [3.8, 4) is 0 Å². The van der Waals surface area contributed by atoms with Crippen molar-refractivity contribution in [2.75, 3.05) is 13.1 Å². The molecule has 5 heteroatoms. The van der Waals surface area contributed by atoms with Crippen LogP contribution in [0.4, 0.5) is 13.2 Å². The van der Waals surface area contributed by atoms with E-state index in [-0.39, 0.29) is 0 Å². The van der Waals surface area contributed by atoms with Crippen LogP contribution in [-0.4, -0.2) is 31.0 Å². The molecule has 0 bridgehead atoms. The molecule has 0 saturated heterocycles. The Morgan fingerprint density at radius 2 is 1.85 bits per heavy atom. The van der Waals surface area contributed by atoms with E-state index in [1.165, 1.54) is 6.42 Å². The minimum absolute atomic E-state index is 0.517. The summed E-state index contributed by atoms with van der Waals surface area (Å²) < 4.78 is 43.7. The number of nitrogens with one attached hydrogen (secondary N) is 1. The van der Waals surface area contributed by atoms with Gasteiger partial charge in [0.2, 0.25) is 0 Å². The van der Waals surface area contributed by atoms with Gasteiger partial charge in [-0.2, -0.15) is 13.2 Å². The first-order valence-corrected chi connectivity index (χ1v) is 7.78. The Morgan fingerprint density at radius 1 is 1.25 bits per heavy atom. The van der Waals surface area contributed by atoms with Gasteiger partial charge >= 0.3 is 6.18 Å². The number of hydrogen-bond donors (Lipinski definition) is 1. The quantitative estimate of drug-likeness (QED) is 0.756. The van der Waals surface area contributed by atoms with Crippen molar-refractivity contribution in [2.24, 2.45) is 5.92 Å². The van der Waals surface area contributed by atoms with E-state index in [0.717, 1.165) is 45.6 Å². The lowest BCUT2D eigenvalue weighted by Gasteiger charge is -2.42. The lowest BCUT2D eigenvalue weighted by atomic mass is 9.77. The van der Waals surface area contributed by atoms with Gasteiger partial charge < -0.3 is 10.1 Å². The third-order valence-electron chi connectivity index (χ3n) is 4.30. The van der Waals surface area contributed by atoms with E-state index in [4.69, 9.17) is 4.74 Å². The van der Waals surface area contributed by atoms with E-state index in [1.807, 2.05) is 6.92 Å². The fourth-order valence-electron chi connectivity index (χ4n) is 3.03. The van der Waals surface area contributed by atoms with Crippen LogP contribution in [0.5, 0.6) is 0 Å². The van der Waals surface area contributed by atoms with E-state index in [0.29, 0.717) is 12.5 Å². The first-order valence-electron chi connectivity index (χ1n) is 7.78. The molecular weight excluding hydrogens is 267 g/mol. The number of hydrogen-bond acceptors (Lipinski definition) is 2. The van der Waals surface area contributed by atoms with Gasteiger partial charge in [-0.15, -0.1) is 0 Å². The van der Waals surface area contributed by atoms with Crippen molar-refractivity contribution in [2.45, 2.75) is 77.2 Å². The van der Waals surface area contributed by atoms with Crippen LogP contribution >= 0.6 is 0 Å². The van der Waals surface area contributed by atoms with E-state index < -0.39 is 17.9 Å². The van der Waals surface area contributed by atoms with Gasteiger partial charge in [-0.05, 0) is 45.1 Å². The van der Waals surface area contributed by atoms with Crippen molar-refractivity contribution in [3.05, 3.63) is 0 Å². The zero-order chi connectivity index (χ0) is 15.2. The lowest BCUT2D eigenvalue weighted by Crippen LogP contribution is -2.50.